The van der Waals surface area contributed by atoms with Gasteiger partial charge in [0.25, 0.3) is 0 Å². The van der Waals surface area contributed by atoms with Crippen molar-refractivity contribution in [2.75, 3.05) is 6.54 Å². The largest absolute Gasteiger partial charge is 0.481 e. The zero-order valence-corrected chi connectivity index (χ0v) is 9.71. The summed E-state index contributed by atoms with van der Waals surface area (Å²) in [6.07, 6.45) is 2.31. The molecule has 0 saturated heterocycles. The van der Waals surface area contributed by atoms with E-state index in [1.54, 1.807) is 6.92 Å². The van der Waals surface area contributed by atoms with E-state index in [0.29, 0.717) is 12.6 Å². The van der Waals surface area contributed by atoms with Gasteiger partial charge in [-0.2, -0.15) is 0 Å². The molecule has 0 aliphatic heterocycles. The lowest BCUT2D eigenvalue weighted by Gasteiger charge is -2.16. The van der Waals surface area contributed by atoms with Crippen LogP contribution in [0.15, 0.2) is 0 Å². The van der Waals surface area contributed by atoms with E-state index >= 15 is 0 Å². The Morgan fingerprint density at radius 1 is 1.21 bits per heavy atom. The van der Waals surface area contributed by atoms with Crippen LogP contribution in [0, 0.1) is 11.8 Å². The molecule has 3 heteroatoms. The molecule has 0 saturated carbocycles. The molecular weight excluding hydrogens is 178 g/mol. The highest BCUT2D eigenvalue weighted by molar-refractivity contribution is 5.69. The van der Waals surface area contributed by atoms with E-state index in [9.17, 15) is 4.79 Å². The van der Waals surface area contributed by atoms with Gasteiger partial charge in [-0.25, -0.2) is 0 Å². The predicted molar refractivity (Wildman–Crippen MR) is 58.3 cm³/mol. The Morgan fingerprint density at radius 3 is 2.21 bits per heavy atom. The number of rotatable bonds is 7. The molecule has 0 aliphatic carbocycles. The molecule has 84 valence electrons. The molecule has 14 heavy (non-hydrogen) atoms. The van der Waals surface area contributed by atoms with Gasteiger partial charge in [-0.1, -0.05) is 20.8 Å². The molecule has 0 amide bonds. The van der Waals surface area contributed by atoms with Gasteiger partial charge < -0.3 is 10.4 Å². The second-order valence-electron chi connectivity index (χ2n) is 4.52. The summed E-state index contributed by atoms with van der Waals surface area (Å²) in [5.41, 5.74) is 0. The normalized spacial score (nSPS) is 15.5. The van der Waals surface area contributed by atoms with Crippen molar-refractivity contribution in [3.8, 4) is 0 Å². The van der Waals surface area contributed by atoms with E-state index in [1.807, 2.05) is 0 Å². The minimum Gasteiger partial charge on any atom is -0.481 e. The van der Waals surface area contributed by atoms with Crippen molar-refractivity contribution in [2.45, 2.75) is 46.6 Å². The van der Waals surface area contributed by atoms with Gasteiger partial charge in [0.05, 0.1) is 5.92 Å². The second kappa shape index (κ2) is 6.82. The molecule has 0 heterocycles. The number of carbonyl (C=O) groups is 1. The molecule has 2 N–H and O–H groups in total. The molecule has 3 nitrogen and oxygen atoms in total. The van der Waals surface area contributed by atoms with E-state index < -0.39 is 5.97 Å². The topological polar surface area (TPSA) is 49.3 Å². The summed E-state index contributed by atoms with van der Waals surface area (Å²) in [7, 11) is 0. The first-order chi connectivity index (χ1) is 6.43. The molecule has 2 atom stereocenters. The van der Waals surface area contributed by atoms with Crippen LogP contribution >= 0.6 is 0 Å². The van der Waals surface area contributed by atoms with Crippen molar-refractivity contribution < 1.29 is 9.90 Å². The Hall–Kier alpha value is -0.570. The lowest BCUT2D eigenvalue weighted by Crippen LogP contribution is -2.33. The second-order valence-corrected chi connectivity index (χ2v) is 4.52. The fourth-order valence-electron chi connectivity index (χ4n) is 1.15. The molecule has 0 radical (unpaired) electrons. The lowest BCUT2D eigenvalue weighted by molar-refractivity contribution is -0.140. The molecule has 0 fully saturated rings. The van der Waals surface area contributed by atoms with Crippen molar-refractivity contribution in [3.05, 3.63) is 0 Å². The van der Waals surface area contributed by atoms with E-state index in [0.717, 1.165) is 12.3 Å². The van der Waals surface area contributed by atoms with Gasteiger partial charge in [-0.15, -0.1) is 0 Å². The molecular formula is C11H23NO2. The number of carboxylic acid groups (broad SMARTS) is 1. The summed E-state index contributed by atoms with van der Waals surface area (Å²) >= 11 is 0. The molecule has 0 aromatic heterocycles. The maximum absolute atomic E-state index is 10.5. The molecule has 0 rings (SSSR count). The molecule has 0 bridgehead atoms. The maximum atomic E-state index is 10.5. The smallest absolute Gasteiger partial charge is 0.307 e. The number of hydrogen-bond acceptors (Lipinski definition) is 2. The number of carboxylic acids is 1. The van der Waals surface area contributed by atoms with Crippen molar-refractivity contribution in [3.63, 3.8) is 0 Å². The van der Waals surface area contributed by atoms with E-state index in [-0.39, 0.29) is 5.92 Å². The fourth-order valence-corrected chi connectivity index (χ4v) is 1.15. The minimum atomic E-state index is -0.728. The van der Waals surface area contributed by atoms with Crippen LogP contribution in [-0.2, 0) is 4.79 Å². The van der Waals surface area contributed by atoms with Gasteiger partial charge in [0.2, 0.25) is 0 Å². The predicted octanol–water partition coefficient (Wildman–Crippen LogP) is 2.12. The summed E-state index contributed by atoms with van der Waals surface area (Å²) in [6, 6.07) is 0.416. The third-order valence-corrected chi connectivity index (χ3v) is 2.37. The first-order valence-electron chi connectivity index (χ1n) is 5.39. The zero-order valence-electron chi connectivity index (χ0n) is 9.71. The van der Waals surface area contributed by atoms with Crippen molar-refractivity contribution in [1.29, 1.82) is 0 Å². The highest BCUT2D eigenvalue weighted by Gasteiger charge is 2.11. The Bertz CT molecular complexity index is 169. The molecule has 0 spiro atoms. The minimum absolute atomic E-state index is 0.295. The summed E-state index contributed by atoms with van der Waals surface area (Å²) in [4.78, 5) is 10.5. The van der Waals surface area contributed by atoms with Crippen molar-refractivity contribution in [2.24, 2.45) is 11.8 Å². The molecule has 0 aromatic carbocycles. The summed E-state index contributed by atoms with van der Waals surface area (Å²) in [5, 5.41) is 11.9. The SMILES string of the molecule is CC(C)CCC(C)NCC(C)C(=O)O. The zero-order chi connectivity index (χ0) is 11.1. The summed E-state index contributed by atoms with van der Waals surface area (Å²) in [6.45, 7) is 8.80. The molecule has 2 unspecified atom stereocenters. The first kappa shape index (κ1) is 13.4. The van der Waals surface area contributed by atoms with Crippen LogP contribution in [0.25, 0.3) is 0 Å². The van der Waals surface area contributed by atoms with Crippen LogP contribution in [-0.4, -0.2) is 23.7 Å². The fraction of sp³-hybridized carbons (Fsp3) is 0.909. The van der Waals surface area contributed by atoms with Crippen LogP contribution in [0.5, 0.6) is 0 Å². The average Bonchev–Trinajstić information content (AvgIpc) is 2.10. The quantitative estimate of drug-likeness (QED) is 0.663. The Kier molecular flexibility index (Phi) is 6.54. The Labute approximate surface area is 86.9 Å². The standard InChI is InChI=1S/C11H23NO2/c1-8(2)5-6-10(4)12-7-9(3)11(13)14/h8-10,12H,5-7H2,1-4H3,(H,13,14). The lowest BCUT2D eigenvalue weighted by atomic mass is 10.0. The van der Waals surface area contributed by atoms with Crippen LogP contribution < -0.4 is 5.32 Å². The maximum Gasteiger partial charge on any atom is 0.307 e. The van der Waals surface area contributed by atoms with Gasteiger partial charge in [-0.05, 0) is 25.7 Å². The van der Waals surface area contributed by atoms with E-state index in [2.05, 4.69) is 26.1 Å². The Balaban J connectivity index is 3.53. The van der Waals surface area contributed by atoms with Gasteiger partial charge >= 0.3 is 5.97 Å². The van der Waals surface area contributed by atoms with Gasteiger partial charge in [0, 0.05) is 12.6 Å². The monoisotopic (exact) mass is 201 g/mol. The van der Waals surface area contributed by atoms with Crippen molar-refractivity contribution in [1.82, 2.24) is 5.32 Å². The van der Waals surface area contributed by atoms with Gasteiger partial charge in [0.1, 0.15) is 0 Å². The van der Waals surface area contributed by atoms with Gasteiger partial charge in [0.15, 0.2) is 0 Å². The van der Waals surface area contributed by atoms with Crippen LogP contribution in [0.1, 0.15) is 40.5 Å². The van der Waals surface area contributed by atoms with Crippen LogP contribution in [0.3, 0.4) is 0 Å². The highest BCUT2D eigenvalue weighted by Crippen LogP contribution is 2.06. The van der Waals surface area contributed by atoms with Crippen LogP contribution in [0.2, 0.25) is 0 Å². The highest BCUT2D eigenvalue weighted by atomic mass is 16.4. The molecule has 0 aliphatic rings. The number of nitrogens with one attached hydrogen (secondary N) is 1. The summed E-state index contributed by atoms with van der Waals surface area (Å²) in [5.74, 6) is -0.304. The average molecular weight is 201 g/mol. The third-order valence-electron chi connectivity index (χ3n) is 2.37. The van der Waals surface area contributed by atoms with Crippen LogP contribution in [0.4, 0.5) is 0 Å². The van der Waals surface area contributed by atoms with Crippen molar-refractivity contribution >= 4 is 5.97 Å². The molecule has 0 aromatic rings. The van der Waals surface area contributed by atoms with E-state index in [4.69, 9.17) is 5.11 Å². The number of aliphatic carboxylic acids is 1. The van der Waals surface area contributed by atoms with E-state index in [1.165, 1.54) is 6.42 Å². The Morgan fingerprint density at radius 2 is 1.79 bits per heavy atom. The first-order valence-corrected chi connectivity index (χ1v) is 5.39. The summed E-state index contributed by atoms with van der Waals surface area (Å²) < 4.78 is 0. The number of hydrogen-bond donors (Lipinski definition) is 2. The third kappa shape index (κ3) is 6.89. The van der Waals surface area contributed by atoms with Gasteiger partial charge in [-0.3, -0.25) is 4.79 Å².